The third-order valence-corrected chi connectivity index (χ3v) is 3.52. The highest BCUT2D eigenvalue weighted by Gasteiger charge is 2.28. The standard InChI is InChI=1S/C17H25NO3/c1-4-20-16(19)10-7-11-18-12-14-8-5-6-9-15(14)21-17(2,3)13-18/h5-6,8-9H,4,7,10-13H2,1-3H3. The Balaban J connectivity index is 1.96. The van der Waals surface area contributed by atoms with Gasteiger partial charge in [0.15, 0.2) is 0 Å². The lowest BCUT2D eigenvalue weighted by Gasteiger charge is -2.29. The van der Waals surface area contributed by atoms with Crippen molar-refractivity contribution in [3.63, 3.8) is 0 Å². The summed E-state index contributed by atoms with van der Waals surface area (Å²) in [4.78, 5) is 13.8. The van der Waals surface area contributed by atoms with Crippen LogP contribution in [0, 0.1) is 0 Å². The Kier molecular flexibility index (Phi) is 5.23. The molecule has 1 aliphatic rings. The number of benzene rings is 1. The van der Waals surface area contributed by atoms with E-state index in [0.717, 1.165) is 31.8 Å². The molecule has 0 N–H and O–H groups in total. The van der Waals surface area contributed by atoms with Crippen molar-refractivity contribution in [2.45, 2.75) is 45.8 Å². The number of para-hydroxylation sites is 1. The summed E-state index contributed by atoms with van der Waals surface area (Å²) in [6.45, 7) is 9.09. The van der Waals surface area contributed by atoms with Crippen LogP contribution in [0.2, 0.25) is 0 Å². The molecule has 0 radical (unpaired) electrons. The van der Waals surface area contributed by atoms with Crippen LogP contribution in [-0.2, 0) is 16.1 Å². The summed E-state index contributed by atoms with van der Waals surface area (Å²) in [5.74, 6) is 0.860. The first-order chi connectivity index (χ1) is 10.00. The second kappa shape index (κ2) is 6.94. The van der Waals surface area contributed by atoms with Crippen LogP contribution in [0.3, 0.4) is 0 Å². The molecule has 0 atom stereocenters. The van der Waals surface area contributed by atoms with Crippen LogP contribution < -0.4 is 4.74 Å². The highest BCUT2D eigenvalue weighted by atomic mass is 16.5. The second-order valence-electron chi connectivity index (χ2n) is 6.09. The zero-order chi connectivity index (χ0) is 15.3. The van der Waals surface area contributed by atoms with Crippen molar-refractivity contribution < 1.29 is 14.3 Å². The second-order valence-corrected chi connectivity index (χ2v) is 6.09. The molecular formula is C17H25NO3. The third kappa shape index (κ3) is 4.74. The smallest absolute Gasteiger partial charge is 0.305 e. The van der Waals surface area contributed by atoms with Crippen LogP contribution >= 0.6 is 0 Å². The number of hydrogen-bond acceptors (Lipinski definition) is 4. The van der Waals surface area contributed by atoms with Crippen LogP contribution in [0.1, 0.15) is 39.2 Å². The molecule has 0 aliphatic carbocycles. The first-order valence-electron chi connectivity index (χ1n) is 7.65. The zero-order valence-corrected chi connectivity index (χ0v) is 13.2. The van der Waals surface area contributed by atoms with E-state index in [1.54, 1.807) is 0 Å². The van der Waals surface area contributed by atoms with E-state index < -0.39 is 0 Å². The molecule has 1 aliphatic heterocycles. The number of ether oxygens (including phenoxy) is 2. The lowest BCUT2D eigenvalue weighted by atomic mass is 10.1. The molecule has 21 heavy (non-hydrogen) atoms. The Hall–Kier alpha value is -1.55. The number of fused-ring (bicyclic) bond motifs is 1. The third-order valence-electron chi connectivity index (χ3n) is 3.52. The van der Waals surface area contributed by atoms with E-state index in [1.807, 2.05) is 25.1 Å². The summed E-state index contributed by atoms with van der Waals surface area (Å²) in [6, 6.07) is 8.18. The van der Waals surface area contributed by atoms with E-state index in [1.165, 1.54) is 5.56 Å². The van der Waals surface area contributed by atoms with Gasteiger partial charge in [-0.05, 0) is 39.8 Å². The average molecular weight is 291 g/mol. The van der Waals surface area contributed by atoms with E-state index in [0.29, 0.717) is 13.0 Å². The number of esters is 1. The maximum absolute atomic E-state index is 11.4. The van der Waals surface area contributed by atoms with Gasteiger partial charge in [-0.1, -0.05) is 18.2 Å². The van der Waals surface area contributed by atoms with E-state index in [4.69, 9.17) is 9.47 Å². The molecule has 1 aromatic carbocycles. The van der Waals surface area contributed by atoms with Gasteiger partial charge < -0.3 is 9.47 Å². The molecule has 4 heteroatoms. The van der Waals surface area contributed by atoms with E-state index >= 15 is 0 Å². The summed E-state index contributed by atoms with van der Waals surface area (Å²) >= 11 is 0. The molecule has 0 unspecified atom stereocenters. The Morgan fingerprint density at radius 3 is 2.90 bits per heavy atom. The number of carbonyl (C=O) groups excluding carboxylic acids is 1. The maximum Gasteiger partial charge on any atom is 0.305 e. The summed E-state index contributed by atoms with van der Waals surface area (Å²) in [7, 11) is 0. The quantitative estimate of drug-likeness (QED) is 0.782. The topological polar surface area (TPSA) is 38.8 Å². The van der Waals surface area contributed by atoms with Crippen LogP contribution in [-0.4, -0.2) is 36.2 Å². The molecule has 0 amide bonds. The molecule has 0 aromatic heterocycles. The van der Waals surface area contributed by atoms with Crippen LogP contribution in [0.4, 0.5) is 0 Å². The molecule has 1 heterocycles. The Morgan fingerprint density at radius 2 is 2.14 bits per heavy atom. The SMILES string of the molecule is CCOC(=O)CCCN1Cc2ccccc2OC(C)(C)C1. The fraction of sp³-hybridized carbons (Fsp3) is 0.588. The highest BCUT2D eigenvalue weighted by Crippen LogP contribution is 2.29. The first-order valence-corrected chi connectivity index (χ1v) is 7.65. The Labute approximate surface area is 127 Å². The Morgan fingerprint density at radius 1 is 1.38 bits per heavy atom. The zero-order valence-electron chi connectivity index (χ0n) is 13.2. The van der Waals surface area contributed by atoms with Crippen molar-refractivity contribution in [2.75, 3.05) is 19.7 Å². The molecule has 2 rings (SSSR count). The number of rotatable bonds is 5. The molecule has 116 valence electrons. The number of hydrogen-bond donors (Lipinski definition) is 0. The minimum atomic E-state index is -0.226. The van der Waals surface area contributed by atoms with Crippen LogP contribution in [0.15, 0.2) is 24.3 Å². The Bertz CT molecular complexity index is 485. The van der Waals surface area contributed by atoms with Crippen molar-refractivity contribution in [3.05, 3.63) is 29.8 Å². The van der Waals surface area contributed by atoms with Gasteiger partial charge in [0.2, 0.25) is 0 Å². The molecule has 0 saturated carbocycles. The molecular weight excluding hydrogens is 266 g/mol. The lowest BCUT2D eigenvalue weighted by Crippen LogP contribution is -2.41. The van der Waals surface area contributed by atoms with Gasteiger partial charge in [0.05, 0.1) is 6.61 Å². The molecule has 0 spiro atoms. The fourth-order valence-electron chi connectivity index (χ4n) is 2.74. The lowest BCUT2D eigenvalue weighted by molar-refractivity contribution is -0.143. The first kappa shape index (κ1) is 15.8. The average Bonchev–Trinajstić information content (AvgIpc) is 2.53. The minimum Gasteiger partial charge on any atom is -0.486 e. The van der Waals surface area contributed by atoms with Gasteiger partial charge in [-0.3, -0.25) is 9.69 Å². The normalized spacial score (nSPS) is 17.5. The van der Waals surface area contributed by atoms with Crippen molar-refractivity contribution in [1.29, 1.82) is 0 Å². The summed E-state index contributed by atoms with van der Waals surface area (Å²) in [5, 5.41) is 0. The number of nitrogens with zero attached hydrogens (tertiary/aromatic N) is 1. The van der Waals surface area contributed by atoms with Gasteiger partial charge in [0.25, 0.3) is 0 Å². The minimum absolute atomic E-state index is 0.108. The van der Waals surface area contributed by atoms with Gasteiger partial charge in [-0.15, -0.1) is 0 Å². The largest absolute Gasteiger partial charge is 0.486 e. The van der Waals surface area contributed by atoms with Gasteiger partial charge in [-0.2, -0.15) is 0 Å². The van der Waals surface area contributed by atoms with Gasteiger partial charge in [0, 0.05) is 25.1 Å². The molecule has 0 bridgehead atoms. The van der Waals surface area contributed by atoms with Gasteiger partial charge in [0.1, 0.15) is 11.4 Å². The summed E-state index contributed by atoms with van der Waals surface area (Å²) < 4.78 is 11.1. The highest BCUT2D eigenvalue weighted by molar-refractivity contribution is 5.69. The monoisotopic (exact) mass is 291 g/mol. The molecule has 0 saturated heterocycles. The molecule has 0 fully saturated rings. The fourth-order valence-corrected chi connectivity index (χ4v) is 2.74. The predicted octanol–water partition coefficient (Wildman–Crippen LogP) is 3.00. The van der Waals surface area contributed by atoms with Gasteiger partial charge >= 0.3 is 5.97 Å². The summed E-state index contributed by atoms with van der Waals surface area (Å²) in [6.07, 6.45) is 1.30. The van der Waals surface area contributed by atoms with Gasteiger partial charge in [-0.25, -0.2) is 0 Å². The molecule has 4 nitrogen and oxygen atoms in total. The van der Waals surface area contributed by atoms with Crippen LogP contribution in [0.25, 0.3) is 0 Å². The summed E-state index contributed by atoms with van der Waals surface area (Å²) in [5.41, 5.74) is 0.982. The number of carbonyl (C=O) groups is 1. The van der Waals surface area contributed by atoms with Crippen molar-refractivity contribution in [1.82, 2.24) is 4.90 Å². The van der Waals surface area contributed by atoms with Crippen molar-refractivity contribution in [3.8, 4) is 5.75 Å². The molecule has 1 aromatic rings. The van der Waals surface area contributed by atoms with E-state index in [9.17, 15) is 4.79 Å². The predicted molar refractivity (Wildman–Crippen MR) is 82.3 cm³/mol. The maximum atomic E-state index is 11.4. The van der Waals surface area contributed by atoms with Crippen LogP contribution in [0.5, 0.6) is 5.75 Å². The van der Waals surface area contributed by atoms with E-state index in [-0.39, 0.29) is 11.6 Å². The van der Waals surface area contributed by atoms with Crippen molar-refractivity contribution in [2.24, 2.45) is 0 Å². The van der Waals surface area contributed by atoms with Crippen molar-refractivity contribution >= 4 is 5.97 Å². The van der Waals surface area contributed by atoms with E-state index in [2.05, 4.69) is 24.8 Å².